The molecule has 0 spiro atoms. The second kappa shape index (κ2) is 9.69. The topological polar surface area (TPSA) is 87.1 Å². The molecule has 8 heteroatoms. The minimum absolute atomic E-state index is 0.168. The van der Waals surface area contributed by atoms with Crippen molar-refractivity contribution in [2.24, 2.45) is 0 Å². The lowest BCUT2D eigenvalue weighted by atomic mass is 9.84. The van der Waals surface area contributed by atoms with Gasteiger partial charge in [-0.15, -0.1) is 0 Å². The molecule has 0 saturated carbocycles. The molecular formula is C29H27F2NO5. The van der Waals surface area contributed by atoms with Gasteiger partial charge in [0.1, 0.15) is 28.9 Å². The summed E-state index contributed by atoms with van der Waals surface area (Å²) in [6, 6.07) is 11.8. The first kappa shape index (κ1) is 25.9. The lowest BCUT2D eigenvalue weighted by molar-refractivity contribution is -0.132. The summed E-state index contributed by atoms with van der Waals surface area (Å²) in [5, 5.41) is 21.5. The molecular weight excluding hydrogens is 480 g/mol. The van der Waals surface area contributed by atoms with E-state index in [1.807, 2.05) is 27.7 Å². The van der Waals surface area contributed by atoms with Crippen molar-refractivity contribution in [1.29, 1.82) is 0 Å². The summed E-state index contributed by atoms with van der Waals surface area (Å²) in [6.45, 7) is 8.17. The highest BCUT2D eigenvalue weighted by Gasteiger charge is 2.48. The monoisotopic (exact) mass is 507 g/mol. The zero-order valence-electron chi connectivity index (χ0n) is 20.9. The normalized spacial score (nSPS) is 17.4. The van der Waals surface area contributed by atoms with Gasteiger partial charge in [-0.3, -0.25) is 14.5 Å². The largest absolute Gasteiger partial charge is 0.508 e. The summed E-state index contributed by atoms with van der Waals surface area (Å²) in [5.74, 6) is -3.99. The Hall–Kier alpha value is -4.20. The number of aliphatic hydroxyl groups excluding tert-OH is 1. The van der Waals surface area contributed by atoms with Gasteiger partial charge in [0.2, 0.25) is 0 Å². The summed E-state index contributed by atoms with van der Waals surface area (Å²) >= 11 is 0. The zero-order valence-corrected chi connectivity index (χ0v) is 20.9. The summed E-state index contributed by atoms with van der Waals surface area (Å²) in [5.41, 5.74) is 0.0719. The van der Waals surface area contributed by atoms with Crippen LogP contribution in [0, 0.1) is 11.6 Å². The van der Waals surface area contributed by atoms with E-state index in [-0.39, 0.29) is 27.9 Å². The zero-order chi connectivity index (χ0) is 27.1. The molecule has 4 rings (SSSR count). The molecule has 0 aromatic heterocycles. The van der Waals surface area contributed by atoms with Gasteiger partial charge in [-0.1, -0.05) is 32.9 Å². The number of aliphatic hydroxyl groups is 1. The standard InChI is InChI=1S/C29H27F2NO5/c1-5-37-23-12-9-17(14-20(23)29(2,3)4)26(34)24-25(16-7-6-8-19(33)13-16)32(28(36)27(24)35)22-15-18(30)10-11-21(22)31/h6-15,25,33-34H,5H2,1-4H3/b26-24-. The van der Waals surface area contributed by atoms with Crippen LogP contribution in [0.3, 0.4) is 0 Å². The van der Waals surface area contributed by atoms with E-state index in [1.54, 1.807) is 18.2 Å². The number of Topliss-reactive ketones (excluding diaryl/α,β-unsaturated/α-hetero) is 1. The molecule has 1 heterocycles. The summed E-state index contributed by atoms with van der Waals surface area (Å²) in [7, 11) is 0. The van der Waals surface area contributed by atoms with Crippen LogP contribution in [-0.2, 0) is 15.0 Å². The molecule has 0 radical (unpaired) electrons. The first-order valence-electron chi connectivity index (χ1n) is 11.8. The van der Waals surface area contributed by atoms with E-state index in [1.165, 1.54) is 24.3 Å². The fourth-order valence-corrected chi connectivity index (χ4v) is 4.46. The Morgan fingerprint density at radius 2 is 1.76 bits per heavy atom. The number of hydrogen-bond donors (Lipinski definition) is 2. The molecule has 1 saturated heterocycles. The van der Waals surface area contributed by atoms with Gasteiger partial charge >= 0.3 is 0 Å². The molecule has 6 nitrogen and oxygen atoms in total. The van der Waals surface area contributed by atoms with Crippen LogP contribution in [0.4, 0.5) is 14.5 Å². The number of benzene rings is 3. The van der Waals surface area contributed by atoms with E-state index in [0.29, 0.717) is 12.4 Å². The number of aromatic hydroxyl groups is 1. The van der Waals surface area contributed by atoms with Crippen molar-refractivity contribution in [3.63, 3.8) is 0 Å². The maximum Gasteiger partial charge on any atom is 0.300 e. The van der Waals surface area contributed by atoms with Crippen molar-refractivity contribution in [3.05, 3.63) is 94.6 Å². The summed E-state index contributed by atoms with van der Waals surface area (Å²) in [4.78, 5) is 27.3. The van der Waals surface area contributed by atoms with Gasteiger partial charge in [-0.25, -0.2) is 8.78 Å². The SMILES string of the molecule is CCOc1ccc(/C(O)=C2/C(=O)C(=O)N(c3cc(F)ccc3F)C2c2cccc(O)c2)cc1C(C)(C)C. The molecule has 1 aliphatic rings. The van der Waals surface area contributed by atoms with Crippen LogP contribution in [0.25, 0.3) is 5.76 Å². The molecule has 1 aliphatic heterocycles. The Kier molecular flexibility index (Phi) is 6.78. The number of ether oxygens (including phenoxy) is 1. The number of nitrogens with zero attached hydrogens (tertiary/aromatic N) is 1. The van der Waals surface area contributed by atoms with Crippen molar-refractivity contribution in [2.45, 2.75) is 39.2 Å². The van der Waals surface area contributed by atoms with Crippen LogP contribution in [0.15, 0.2) is 66.2 Å². The molecule has 192 valence electrons. The Bertz CT molecular complexity index is 1420. The van der Waals surface area contributed by atoms with Crippen LogP contribution in [0.2, 0.25) is 0 Å². The highest BCUT2D eigenvalue weighted by atomic mass is 19.1. The first-order chi connectivity index (χ1) is 17.4. The number of carbonyl (C=O) groups excluding carboxylic acids is 2. The molecule has 0 aliphatic carbocycles. The molecule has 1 fully saturated rings. The molecule has 37 heavy (non-hydrogen) atoms. The third-order valence-corrected chi connectivity index (χ3v) is 6.16. The minimum atomic E-state index is -1.33. The van der Waals surface area contributed by atoms with Gasteiger partial charge in [0.15, 0.2) is 0 Å². The lowest BCUT2D eigenvalue weighted by Gasteiger charge is -2.26. The van der Waals surface area contributed by atoms with Gasteiger partial charge in [0, 0.05) is 17.2 Å². The van der Waals surface area contributed by atoms with Crippen LogP contribution in [-0.4, -0.2) is 28.5 Å². The van der Waals surface area contributed by atoms with E-state index in [9.17, 15) is 28.6 Å². The molecule has 0 bridgehead atoms. The van der Waals surface area contributed by atoms with Gasteiger partial charge in [0.25, 0.3) is 11.7 Å². The molecule has 1 unspecified atom stereocenters. The van der Waals surface area contributed by atoms with Gasteiger partial charge in [0.05, 0.1) is 23.9 Å². The van der Waals surface area contributed by atoms with Crippen molar-refractivity contribution < 1.29 is 33.3 Å². The molecule has 1 atom stereocenters. The highest BCUT2D eigenvalue weighted by Crippen LogP contribution is 2.44. The first-order valence-corrected chi connectivity index (χ1v) is 11.8. The van der Waals surface area contributed by atoms with E-state index in [4.69, 9.17) is 4.74 Å². The van der Waals surface area contributed by atoms with E-state index in [0.717, 1.165) is 28.7 Å². The predicted molar refractivity (Wildman–Crippen MR) is 136 cm³/mol. The second-order valence-corrected chi connectivity index (χ2v) is 9.75. The van der Waals surface area contributed by atoms with Gasteiger partial charge in [-0.2, -0.15) is 0 Å². The molecule has 1 amide bonds. The van der Waals surface area contributed by atoms with E-state index in [2.05, 4.69) is 0 Å². The number of amides is 1. The third-order valence-electron chi connectivity index (χ3n) is 6.16. The van der Waals surface area contributed by atoms with Crippen LogP contribution < -0.4 is 9.64 Å². The maximum absolute atomic E-state index is 14.8. The average molecular weight is 508 g/mol. The summed E-state index contributed by atoms with van der Waals surface area (Å²) < 4.78 is 34.7. The summed E-state index contributed by atoms with van der Waals surface area (Å²) in [6.07, 6.45) is 0. The van der Waals surface area contributed by atoms with Crippen molar-refractivity contribution >= 4 is 23.1 Å². The molecule has 3 aromatic rings. The van der Waals surface area contributed by atoms with E-state index >= 15 is 0 Å². The van der Waals surface area contributed by atoms with Gasteiger partial charge < -0.3 is 14.9 Å². The molecule has 3 aromatic carbocycles. The third kappa shape index (κ3) is 4.79. The quantitative estimate of drug-likeness (QED) is 0.252. The fourth-order valence-electron chi connectivity index (χ4n) is 4.46. The van der Waals surface area contributed by atoms with Crippen molar-refractivity contribution in [1.82, 2.24) is 0 Å². The fraction of sp³-hybridized carbons (Fsp3) is 0.241. The highest BCUT2D eigenvalue weighted by molar-refractivity contribution is 6.51. The number of phenols is 1. The van der Waals surface area contributed by atoms with E-state index < -0.39 is 40.8 Å². The Morgan fingerprint density at radius 1 is 1.03 bits per heavy atom. The predicted octanol–water partition coefficient (Wildman–Crippen LogP) is 5.99. The Balaban J connectivity index is 1.98. The Morgan fingerprint density at radius 3 is 2.41 bits per heavy atom. The number of carbonyl (C=O) groups is 2. The number of anilines is 1. The number of halogens is 2. The number of hydrogen-bond acceptors (Lipinski definition) is 5. The maximum atomic E-state index is 14.8. The van der Waals surface area contributed by atoms with Crippen molar-refractivity contribution in [3.8, 4) is 11.5 Å². The van der Waals surface area contributed by atoms with Gasteiger partial charge in [-0.05, 0) is 60.4 Å². The average Bonchev–Trinajstić information content (AvgIpc) is 3.10. The minimum Gasteiger partial charge on any atom is -0.508 e. The second-order valence-electron chi connectivity index (χ2n) is 9.75. The number of ketones is 1. The Labute approximate surface area is 213 Å². The van der Waals surface area contributed by atoms with Crippen molar-refractivity contribution in [2.75, 3.05) is 11.5 Å². The van der Waals surface area contributed by atoms with Crippen LogP contribution >= 0.6 is 0 Å². The lowest BCUT2D eigenvalue weighted by Crippen LogP contribution is -2.30. The van der Waals surface area contributed by atoms with Crippen LogP contribution in [0.1, 0.15) is 50.4 Å². The number of phenolic OH excluding ortho intramolecular Hbond substituents is 1. The molecule has 2 N–H and O–H groups in total. The smallest absolute Gasteiger partial charge is 0.300 e. The van der Waals surface area contributed by atoms with Crippen LogP contribution in [0.5, 0.6) is 11.5 Å². The number of rotatable bonds is 5.